The Bertz CT molecular complexity index is 347. The number of halogens is 4. The molecule has 0 fully saturated rings. The molecule has 1 N–H and O–H groups in total. The molecule has 0 saturated heterocycles. The van der Waals surface area contributed by atoms with Gasteiger partial charge in [-0.2, -0.15) is 13.2 Å². The van der Waals surface area contributed by atoms with Crippen LogP contribution in [0.15, 0.2) is 12.1 Å². The van der Waals surface area contributed by atoms with E-state index in [1.54, 1.807) is 0 Å². The van der Waals surface area contributed by atoms with Gasteiger partial charge in [0.15, 0.2) is 0 Å². The predicted octanol–water partition coefficient (Wildman–Crippen LogP) is 3.16. The highest BCUT2D eigenvalue weighted by Gasteiger charge is 2.33. The molecule has 14 heavy (non-hydrogen) atoms. The van der Waals surface area contributed by atoms with Crippen LogP contribution < -0.4 is 0 Å². The van der Waals surface area contributed by atoms with Crippen molar-refractivity contribution in [2.45, 2.75) is 19.7 Å². The first-order chi connectivity index (χ1) is 6.36. The first-order valence-corrected chi connectivity index (χ1v) is 4.21. The van der Waals surface area contributed by atoms with Crippen LogP contribution >= 0.6 is 11.6 Å². The molecule has 0 bridgehead atoms. The second kappa shape index (κ2) is 3.79. The molecule has 1 aromatic rings. The van der Waals surface area contributed by atoms with Crippen LogP contribution in [-0.4, -0.2) is 5.11 Å². The second-order valence-corrected chi connectivity index (χ2v) is 3.32. The van der Waals surface area contributed by atoms with Gasteiger partial charge in [0.25, 0.3) is 0 Å². The van der Waals surface area contributed by atoms with Crippen molar-refractivity contribution >= 4 is 11.6 Å². The van der Waals surface area contributed by atoms with Gasteiger partial charge in [-0.1, -0.05) is 11.6 Å². The van der Waals surface area contributed by atoms with Crippen molar-refractivity contribution in [3.8, 4) is 0 Å². The first-order valence-electron chi connectivity index (χ1n) is 3.83. The van der Waals surface area contributed by atoms with E-state index < -0.39 is 18.3 Å². The number of rotatable bonds is 1. The van der Waals surface area contributed by atoms with Crippen LogP contribution in [0.25, 0.3) is 0 Å². The standard InChI is InChI=1S/C9H8ClF3O/c1-5-2-7(9(11,12)13)6(4-14)3-8(5)10/h2-3,14H,4H2,1H3. The van der Waals surface area contributed by atoms with Crippen molar-refractivity contribution in [3.63, 3.8) is 0 Å². The third kappa shape index (κ3) is 2.19. The van der Waals surface area contributed by atoms with Gasteiger partial charge in [0.1, 0.15) is 0 Å². The van der Waals surface area contributed by atoms with Crippen molar-refractivity contribution in [3.05, 3.63) is 33.8 Å². The molecule has 1 nitrogen and oxygen atoms in total. The molecule has 78 valence electrons. The van der Waals surface area contributed by atoms with E-state index in [0.717, 1.165) is 12.1 Å². The Labute approximate surface area is 84.1 Å². The Kier molecular flexibility index (Phi) is 3.07. The van der Waals surface area contributed by atoms with E-state index in [1.165, 1.54) is 6.92 Å². The van der Waals surface area contributed by atoms with Gasteiger partial charge in [0.05, 0.1) is 12.2 Å². The number of aliphatic hydroxyl groups is 1. The zero-order chi connectivity index (χ0) is 10.9. The average molecular weight is 225 g/mol. The number of alkyl halides is 3. The van der Waals surface area contributed by atoms with Crippen LogP contribution in [0.5, 0.6) is 0 Å². The largest absolute Gasteiger partial charge is 0.416 e. The predicted molar refractivity (Wildman–Crippen MR) is 47.1 cm³/mol. The summed E-state index contributed by atoms with van der Waals surface area (Å²) in [6.45, 7) is 0.813. The van der Waals surface area contributed by atoms with Crippen LogP contribution in [-0.2, 0) is 12.8 Å². The summed E-state index contributed by atoms with van der Waals surface area (Å²) in [6, 6.07) is 2.08. The van der Waals surface area contributed by atoms with E-state index in [9.17, 15) is 13.2 Å². The van der Waals surface area contributed by atoms with Crippen molar-refractivity contribution in [2.24, 2.45) is 0 Å². The minimum atomic E-state index is -4.45. The molecule has 0 unspecified atom stereocenters. The lowest BCUT2D eigenvalue weighted by Gasteiger charge is -2.12. The van der Waals surface area contributed by atoms with Gasteiger partial charge in [-0.3, -0.25) is 0 Å². The fraction of sp³-hybridized carbons (Fsp3) is 0.333. The summed E-state index contributed by atoms with van der Waals surface area (Å²) in [5.41, 5.74) is -0.689. The lowest BCUT2D eigenvalue weighted by Crippen LogP contribution is -2.09. The summed E-state index contributed by atoms with van der Waals surface area (Å²) in [4.78, 5) is 0. The average Bonchev–Trinajstić information content (AvgIpc) is 2.07. The zero-order valence-corrected chi connectivity index (χ0v) is 8.08. The van der Waals surface area contributed by atoms with E-state index in [1.807, 2.05) is 0 Å². The van der Waals surface area contributed by atoms with Gasteiger partial charge in [-0.25, -0.2) is 0 Å². The second-order valence-electron chi connectivity index (χ2n) is 2.91. The Morgan fingerprint density at radius 1 is 1.36 bits per heavy atom. The Morgan fingerprint density at radius 3 is 2.36 bits per heavy atom. The van der Waals surface area contributed by atoms with Crippen LogP contribution in [0, 0.1) is 6.92 Å². The quantitative estimate of drug-likeness (QED) is 0.777. The molecule has 0 radical (unpaired) electrons. The molecular weight excluding hydrogens is 217 g/mol. The lowest BCUT2D eigenvalue weighted by atomic mass is 10.0. The van der Waals surface area contributed by atoms with Gasteiger partial charge < -0.3 is 5.11 Å². The maximum atomic E-state index is 12.4. The van der Waals surface area contributed by atoms with Gasteiger partial charge >= 0.3 is 6.18 Å². The number of aliphatic hydroxyl groups excluding tert-OH is 1. The molecule has 0 aliphatic carbocycles. The molecule has 0 spiro atoms. The maximum Gasteiger partial charge on any atom is 0.416 e. The molecule has 0 aliphatic heterocycles. The zero-order valence-electron chi connectivity index (χ0n) is 7.32. The normalized spacial score (nSPS) is 11.9. The SMILES string of the molecule is Cc1cc(C(F)(F)F)c(CO)cc1Cl. The summed E-state index contributed by atoms with van der Waals surface area (Å²) in [7, 11) is 0. The van der Waals surface area contributed by atoms with Crippen LogP contribution in [0.3, 0.4) is 0 Å². The molecule has 5 heteroatoms. The summed E-state index contributed by atoms with van der Waals surface area (Å²) in [5, 5.41) is 8.96. The fourth-order valence-electron chi connectivity index (χ4n) is 1.12. The minimum absolute atomic E-state index is 0.201. The molecule has 0 aromatic heterocycles. The van der Waals surface area contributed by atoms with E-state index in [2.05, 4.69) is 0 Å². The van der Waals surface area contributed by atoms with Gasteiger partial charge in [-0.05, 0) is 30.2 Å². The Morgan fingerprint density at radius 2 is 1.93 bits per heavy atom. The number of benzene rings is 1. The summed E-state index contributed by atoms with van der Waals surface area (Å²) >= 11 is 5.64. The number of hydrogen-bond acceptors (Lipinski definition) is 1. The van der Waals surface area contributed by atoms with Crippen molar-refractivity contribution < 1.29 is 18.3 Å². The number of aryl methyl sites for hydroxylation is 1. The maximum absolute atomic E-state index is 12.4. The molecule has 0 aliphatic rings. The fourth-order valence-corrected chi connectivity index (χ4v) is 1.30. The highest BCUT2D eigenvalue weighted by molar-refractivity contribution is 6.31. The van der Waals surface area contributed by atoms with Gasteiger partial charge in [-0.15, -0.1) is 0 Å². The third-order valence-electron chi connectivity index (χ3n) is 1.86. The van der Waals surface area contributed by atoms with Gasteiger partial charge in [0.2, 0.25) is 0 Å². The lowest BCUT2D eigenvalue weighted by molar-refractivity contribution is -0.138. The summed E-state index contributed by atoms with van der Waals surface area (Å²) < 4.78 is 37.2. The Balaban J connectivity index is 3.35. The van der Waals surface area contributed by atoms with E-state index >= 15 is 0 Å². The molecule has 0 heterocycles. The molecule has 0 atom stereocenters. The van der Waals surface area contributed by atoms with Crippen molar-refractivity contribution in [1.29, 1.82) is 0 Å². The van der Waals surface area contributed by atoms with E-state index in [-0.39, 0.29) is 10.6 Å². The van der Waals surface area contributed by atoms with E-state index in [4.69, 9.17) is 16.7 Å². The van der Waals surface area contributed by atoms with E-state index in [0.29, 0.717) is 5.56 Å². The van der Waals surface area contributed by atoms with Crippen molar-refractivity contribution in [2.75, 3.05) is 0 Å². The highest BCUT2D eigenvalue weighted by Crippen LogP contribution is 2.34. The molecular formula is C9H8ClF3O. The Hall–Kier alpha value is -0.740. The minimum Gasteiger partial charge on any atom is -0.392 e. The third-order valence-corrected chi connectivity index (χ3v) is 2.27. The molecule has 0 saturated carbocycles. The molecule has 0 amide bonds. The van der Waals surface area contributed by atoms with Crippen molar-refractivity contribution in [1.82, 2.24) is 0 Å². The number of hydrogen-bond donors (Lipinski definition) is 1. The van der Waals surface area contributed by atoms with Crippen LogP contribution in [0.1, 0.15) is 16.7 Å². The molecule has 1 rings (SSSR count). The summed E-state index contributed by atoms with van der Waals surface area (Å²) in [5.74, 6) is 0. The smallest absolute Gasteiger partial charge is 0.392 e. The van der Waals surface area contributed by atoms with Gasteiger partial charge in [0, 0.05) is 5.02 Å². The molecule has 1 aromatic carbocycles. The van der Waals surface area contributed by atoms with Crippen LogP contribution in [0.4, 0.5) is 13.2 Å². The first kappa shape index (κ1) is 11.3. The highest BCUT2D eigenvalue weighted by atomic mass is 35.5. The monoisotopic (exact) mass is 224 g/mol. The van der Waals surface area contributed by atoms with Crippen LogP contribution in [0.2, 0.25) is 5.02 Å². The summed E-state index contributed by atoms with van der Waals surface area (Å²) in [6.07, 6.45) is -4.45. The topological polar surface area (TPSA) is 20.2 Å².